The van der Waals surface area contributed by atoms with Gasteiger partial charge in [0.15, 0.2) is 0 Å². The molecule has 0 aliphatic carbocycles. The Morgan fingerprint density at radius 1 is 1.60 bits per heavy atom. The summed E-state index contributed by atoms with van der Waals surface area (Å²) in [4.78, 5) is 14.9. The van der Waals surface area contributed by atoms with Crippen molar-refractivity contribution in [3.63, 3.8) is 0 Å². The lowest BCUT2D eigenvalue weighted by atomic mass is 10.4. The summed E-state index contributed by atoms with van der Waals surface area (Å²) < 4.78 is 0. The first-order chi connectivity index (χ1) is 7.24. The van der Waals surface area contributed by atoms with Crippen LogP contribution in [0.3, 0.4) is 0 Å². The van der Waals surface area contributed by atoms with Crippen LogP contribution in [0.2, 0.25) is 0 Å². The number of rotatable bonds is 6. The maximum absolute atomic E-state index is 10.8. The monoisotopic (exact) mass is 247 g/mol. The molecule has 0 unspecified atom stereocenters. The van der Waals surface area contributed by atoms with E-state index in [0.717, 1.165) is 17.2 Å². The molecule has 0 aromatic rings. The van der Waals surface area contributed by atoms with Gasteiger partial charge in [0.25, 0.3) is 0 Å². The number of hydrogen-bond donors (Lipinski definition) is 2. The number of carbonyl (C=O) groups excluding carboxylic acids is 1. The predicted molar refractivity (Wildman–Crippen MR) is 69.8 cm³/mol. The van der Waals surface area contributed by atoms with Gasteiger partial charge in [-0.25, -0.2) is 5.84 Å². The van der Waals surface area contributed by atoms with Crippen molar-refractivity contribution < 1.29 is 4.79 Å². The summed E-state index contributed by atoms with van der Waals surface area (Å²) >= 11 is 0. The zero-order valence-corrected chi connectivity index (χ0v) is 10.7. The van der Waals surface area contributed by atoms with Crippen molar-refractivity contribution in [2.24, 2.45) is 10.8 Å². The summed E-state index contributed by atoms with van der Waals surface area (Å²) in [5.74, 6) is 5.55. The smallest absolute Gasteiger partial charge is 0.234 e. The molecule has 0 fully saturated rings. The topological polar surface area (TPSA) is 67.5 Å². The average molecular weight is 247 g/mol. The lowest BCUT2D eigenvalue weighted by molar-refractivity contribution is -0.120. The second-order valence-corrected chi connectivity index (χ2v) is 5.03. The van der Waals surface area contributed by atoms with E-state index in [-0.39, 0.29) is 5.91 Å². The molecular formula is C9H17N3OS2. The van der Waals surface area contributed by atoms with Crippen molar-refractivity contribution in [3.05, 3.63) is 12.2 Å². The molecule has 0 radical (unpaired) electrons. The second kappa shape index (κ2) is 10.1. The highest BCUT2D eigenvalue weighted by molar-refractivity contribution is 8.82. The molecule has 0 rings (SSSR count). The fourth-order valence-electron chi connectivity index (χ4n) is 0.667. The summed E-state index contributed by atoms with van der Waals surface area (Å²) in [6.45, 7) is 2.08. The summed E-state index contributed by atoms with van der Waals surface area (Å²) in [5.41, 5.74) is 2.10. The van der Waals surface area contributed by atoms with Gasteiger partial charge < -0.3 is 0 Å². The average Bonchev–Trinajstić information content (AvgIpc) is 2.27. The molecule has 1 amide bonds. The lowest BCUT2D eigenvalue weighted by Crippen LogP contribution is -2.30. The minimum Gasteiger partial charge on any atom is -0.294 e. The van der Waals surface area contributed by atoms with Gasteiger partial charge in [0.05, 0.1) is 0 Å². The van der Waals surface area contributed by atoms with Crippen LogP contribution in [0.25, 0.3) is 0 Å². The third-order valence-corrected chi connectivity index (χ3v) is 3.78. The minimum absolute atomic E-state index is 0.137. The van der Waals surface area contributed by atoms with E-state index in [9.17, 15) is 4.79 Å². The summed E-state index contributed by atoms with van der Waals surface area (Å²) in [6, 6.07) is 0. The summed E-state index contributed by atoms with van der Waals surface area (Å²) in [7, 11) is 4.93. The Balaban J connectivity index is 3.65. The Morgan fingerprint density at radius 3 is 2.87 bits per heavy atom. The molecule has 0 bridgehead atoms. The van der Waals surface area contributed by atoms with Gasteiger partial charge in [0.1, 0.15) is 5.04 Å². The number of allylic oxidation sites excluding steroid dienone is 1. The van der Waals surface area contributed by atoms with Crippen LogP contribution < -0.4 is 11.3 Å². The quantitative estimate of drug-likeness (QED) is 0.143. The zero-order chi connectivity index (χ0) is 11.5. The molecule has 86 valence electrons. The molecular weight excluding hydrogens is 230 g/mol. The van der Waals surface area contributed by atoms with E-state index in [0.29, 0.717) is 6.42 Å². The number of nitrogens with two attached hydrogens (primary N) is 1. The molecule has 0 aliphatic heterocycles. The number of nitrogens with one attached hydrogen (secondary N) is 1. The van der Waals surface area contributed by atoms with Crippen LogP contribution in [0.15, 0.2) is 17.1 Å². The molecule has 0 aliphatic rings. The summed E-state index contributed by atoms with van der Waals surface area (Å²) in [6.07, 6.45) is 5.48. The fraction of sp³-hybridized carbons (Fsp3) is 0.556. The molecule has 6 heteroatoms. The van der Waals surface area contributed by atoms with E-state index in [4.69, 9.17) is 5.84 Å². The lowest BCUT2D eigenvalue weighted by Gasteiger charge is -2.00. The highest BCUT2D eigenvalue weighted by Crippen LogP contribution is 2.24. The third kappa shape index (κ3) is 8.53. The van der Waals surface area contributed by atoms with Crippen LogP contribution >= 0.6 is 21.6 Å². The molecule has 15 heavy (non-hydrogen) atoms. The fourth-order valence-corrected chi connectivity index (χ4v) is 2.62. The molecule has 0 saturated carbocycles. The Hall–Kier alpha value is -0.460. The molecule has 0 saturated heterocycles. The van der Waals surface area contributed by atoms with Crippen LogP contribution in [0.5, 0.6) is 0 Å². The van der Waals surface area contributed by atoms with Gasteiger partial charge >= 0.3 is 0 Å². The van der Waals surface area contributed by atoms with Gasteiger partial charge in [-0.3, -0.25) is 15.2 Å². The van der Waals surface area contributed by atoms with E-state index < -0.39 is 0 Å². The number of hydrazine groups is 1. The molecule has 0 aromatic carbocycles. The Morgan fingerprint density at radius 2 is 2.33 bits per heavy atom. The molecule has 0 spiro atoms. The molecule has 4 nitrogen and oxygen atoms in total. The van der Waals surface area contributed by atoms with E-state index in [1.54, 1.807) is 28.6 Å². The Bertz CT molecular complexity index is 242. The van der Waals surface area contributed by atoms with Crippen molar-refractivity contribution in [2.75, 3.05) is 12.8 Å². The normalized spacial score (nSPS) is 12.1. The van der Waals surface area contributed by atoms with E-state index in [2.05, 4.69) is 23.4 Å². The van der Waals surface area contributed by atoms with Crippen LogP contribution in [0, 0.1) is 0 Å². The van der Waals surface area contributed by atoms with Crippen molar-refractivity contribution in [1.82, 2.24) is 5.43 Å². The highest BCUT2D eigenvalue weighted by Gasteiger charge is 2.00. The third-order valence-electron chi connectivity index (χ3n) is 1.43. The Labute approximate surface area is 98.5 Å². The van der Waals surface area contributed by atoms with Gasteiger partial charge in [0.2, 0.25) is 5.91 Å². The predicted octanol–water partition coefficient (Wildman–Crippen LogP) is 1.74. The van der Waals surface area contributed by atoms with Crippen LogP contribution in [0.1, 0.15) is 19.8 Å². The first kappa shape index (κ1) is 14.5. The first-order valence-corrected chi connectivity index (χ1v) is 6.98. The number of carbonyl (C=O) groups is 1. The van der Waals surface area contributed by atoms with E-state index >= 15 is 0 Å². The van der Waals surface area contributed by atoms with Crippen molar-refractivity contribution in [1.29, 1.82) is 0 Å². The second-order valence-electron chi connectivity index (χ2n) is 2.60. The van der Waals surface area contributed by atoms with Gasteiger partial charge in [0, 0.05) is 19.2 Å². The van der Waals surface area contributed by atoms with E-state index in [1.165, 1.54) is 0 Å². The zero-order valence-electron chi connectivity index (χ0n) is 9.03. The van der Waals surface area contributed by atoms with Gasteiger partial charge in [-0.05, 0) is 23.3 Å². The number of hydrogen-bond acceptors (Lipinski definition) is 5. The Kier molecular flexibility index (Phi) is 9.76. The SMILES string of the molecule is CC/C=C\C(=NC)SSCCC(=O)NN. The molecule has 0 heterocycles. The number of amides is 1. The van der Waals surface area contributed by atoms with Gasteiger partial charge in [-0.15, -0.1) is 0 Å². The molecule has 0 aromatic heterocycles. The number of aliphatic imine (C=N–C) groups is 1. The maximum Gasteiger partial charge on any atom is 0.234 e. The highest BCUT2D eigenvalue weighted by atomic mass is 33.1. The van der Waals surface area contributed by atoms with Crippen molar-refractivity contribution in [3.8, 4) is 0 Å². The minimum atomic E-state index is -0.137. The van der Waals surface area contributed by atoms with Crippen LogP contribution in [-0.2, 0) is 4.79 Å². The standard InChI is InChI=1S/C9H17N3OS2/c1-3-4-5-9(11-2)15-14-7-6-8(13)12-10/h4-5H,3,6-7,10H2,1-2H3,(H,12,13)/b5-4-,11-9?. The molecule has 3 N–H and O–H groups in total. The van der Waals surface area contributed by atoms with Gasteiger partial charge in [-0.2, -0.15) is 0 Å². The first-order valence-electron chi connectivity index (χ1n) is 4.66. The largest absolute Gasteiger partial charge is 0.294 e. The van der Waals surface area contributed by atoms with E-state index in [1.807, 2.05) is 6.08 Å². The van der Waals surface area contributed by atoms with Gasteiger partial charge in [-0.1, -0.05) is 23.8 Å². The summed E-state index contributed by atoms with van der Waals surface area (Å²) in [5, 5.41) is 0.968. The molecule has 0 atom stereocenters. The van der Waals surface area contributed by atoms with Crippen molar-refractivity contribution >= 4 is 32.5 Å². The van der Waals surface area contributed by atoms with Crippen LogP contribution in [-0.4, -0.2) is 23.8 Å². The number of nitrogens with zero attached hydrogens (tertiary/aromatic N) is 1. The maximum atomic E-state index is 10.8. The van der Waals surface area contributed by atoms with Crippen molar-refractivity contribution in [2.45, 2.75) is 19.8 Å². The van der Waals surface area contributed by atoms with Crippen LogP contribution in [0.4, 0.5) is 0 Å².